The first-order chi connectivity index (χ1) is 10.1. The van der Waals surface area contributed by atoms with Crippen LogP contribution in [-0.4, -0.2) is 48.9 Å². The van der Waals surface area contributed by atoms with Crippen LogP contribution in [-0.2, 0) is 19.0 Å². The van der Waals surface area contributed by atoms with E-state index in [-0.39, 0.29) is 6.61 Å². The average molecular weight is 300 g/mol. The Labute approximate surface area is 121 Å². The molecule has 8 heteroatoms. The summed E-state index contributed by atoms with van der Waals surface area (Å²) < 4.78 is 16.9. The molecule has 1 rings (SSSR count). The number of ether oxygens (including phenoxy) is 3. The summed E-state index contributed by atoms with van der Waals surface area (Å²) in [5, 5.41) is 0. The average Bonchev–Trinajstić information content (AvgIpc) is 2.47. The highest BCUT2D eigenvalue weighted by Gasteiger charge is 2.18. The first-order valence-corrected chi connectivity index (χ1v) is 6.61. The molecule has 1 aromatic heterocycles. The van der Waals surface area contributed by atoms with Gasteiger partial charge in [-0.25, -0.2) is 4.79 Å². The van der Waals surface area contributed by atoms with Crippen molar-refractivity contribution in [1.29, 1.82) is 0 Å². The van der Waals surface area contributed by atoms with Gasteiger partial charge in [0, 0.05) is 19.4 Å². The standard InChI is InChI=1S/C13H20N2O6/c1-3-10(8-16)21-12(9-20-7-6-19-2)15-5-4-11(17)14-13(15)18/h4-5,8,10,12H,3,6-7,9H2,1-2H3,(H,14,17,18)/t10-,12+/m0/s1. The number of aromatic amines is 1. The molecule has 0 radical (unpaired) electrons. The minimum Gasteiger partial charge on any atom is -0.382 e. The fraction of sp³-hybridized carbons (Fsp3) is 0.615. The molecule has 0 aliphatic carbocycles. The number of carbonyl (C=O) groups excluding carboxylic acids is 1. The lowest BCUT2D eigenvalue weighted by Gasteiger charge is -2.22. The van der Waals surface area contributed by atoms with Crippen molar-refractivity contribution < 1.29 is 19.0 Å². The molecule has 21 heavy (non-hydrogen) atoms. The lowest BCUT2D eigenvalue weighted by atomic mass is 10.3. The van der Waals surface area contributed by atoms with E-state index in [4.69, 9.17) is 14.2 Å². The molecule has 0 spiro atoms. The first kappa shape index (κ1) is 17.3. The molecule has 0 unspecified atom stereocenters. The number of methoxy groups -OCH3 is 1. The van der Waals surface area contributed by atoms with Crippen molar-refractivity contribution in [2.24, 2.45) is 0 Å². The van der Waals surface area contributed by atoms with Crippen LogP contribution in [0.5, 0.6) is 0 Å². The first-order valence-electron chi connectivity index (χ1n) is 6.61. The molecule has 1 heterocycles. The summed E-state index contributed by atoms with van der Waals surface area (Å²) in [6.07, 6.45) is 0.985. The molecule has 1 N–H and O–H groups in total. The second-order valence-electron chi connectivity index (χ2n) is 4.26. The quantitative estimate of drug-likeness (QED) is 0.470. The van der Waals surface area contributed by atoms with Gasteiger partial charge in [-0.15, -0.1) is 0 Å². The van der Waals surface area contributed by atoms with E-state index in [9.17, 15) is 14.4 Å². The smallest absolute Gasteiger partial charge is 0.330 e. The predicted molar refractivity (Wildman–Crippen MR) is 74.3 cm³/mol. The van der Waals surface area contributed by atoms with E-state index in [0.717, 1.165) is 0 Å². The minimum atomic E-state index is -0.804. The van der Waals surface area contributed by atoms with E-state index in [1.165, 1.54) is 16.8 Å². The minimum absolute atomic E-state index is 0.0552. The van der Waals surface area contributed by atoms with Crippen molar-refractivity contribution in [3.8, 4) is 0 Å². The van der Waals surface area contributed by atoms with Crippen molar-refractivity contribution in [2.75, 3.05) is 26.9 Å². The van der Waals surface area contributed by atoms with E-state index in [1.807, 2.05) is 0 Å². The summed E-state index contributed by atoms with van der Waals surface area (Å²) in [6.45, 7) is 2.57. The van der Waals surface area contributed by atoms with E-state index in [0.29, 0.717) is 25.9 Å². The number of aldehydes is 1. The van der Waals surface area contributed by atoms with Gasteiger partial charge in [0.25, 0.3) is 5.56 Å². The number of H-pyrrole nitrogens is 1. The fourth-order valence-corrected chi connectivity index (χ4v) is 1.59. The molecule has 0 aliphatic heterocycles. The third kappa shape index (κ3) is 5.62. The van der Waals surface area contributed by atoms with E-state index < -0.39 is 23.6 Å². The van der Waals surface area contributed by atoms with Gasteiger partial charge < -0.3 is 19.0 Å². The van der Waals surface area contributed by atoms with Crippen molar-refractivity contribution in [3.63, 3.8) is 0 Å². The van der Waals surface area contributed by atoms with Crippen LogP contribution in [0.3, 0.4) is 0 Å². The van der Waals surface area contributed by atoms with Gasteiger partial charge in [-0.2, -0.15) is 0 Å². The zero-order chi connectivity index (χ0) is 15.7. The van der Waals surface area contributed by atoms with Crippen LogP contribution in [0.25, 0.3) is 0 Å². The molecule has 0 aromatic carbocycles. The van der Waals surface area contributed by atoms with Crippen LogP contribution >= 0.6 is 0 Å². The number of carbonyl (C=O) groups is 1. The predicted octanol–water partition coefficient (Wildman–Crippen LogP) is -0.308. The summed E-state index contributed by atoms with van der Waals surface area (Å²) in [5.74, 6) is 0. The maximum absolute atomic E-state index is 11.8. The van der Waals surface area contributed by atoms with Crippen LogP contribution in [0.2, 0.25) is 0 Å². The zero-order valence-corrected chi connectivity index (χ0v) is 12.1. The lowest BCUT2D eigenvalue weighted by Crippen LogP contribution is -2.36. The molecule has 8 nitrogen and oxygen atoms in total. The fourth-order valence-electron chi connectivity index (χ4n) is 1.59. The largest absolute Gasteiger partial charge is 0.382 e. The number of nitrogens with zero attached hydrogens (tertiary/aromatic N) is 1. The Kier molecular flexibility index (Phi) is 7.59. The molecule has 2 atom stereocenters. The number of hydrogen-bond donors (Lipinski definition) is 1. The van der Waals surface area contributed by atoms with Gasteiger partial charge in [-0.1, -0.05) is 6.92 Å². The maximum atomic E-state index is 11.8. The maximum Gasteiger partial charge on any atom is 0.330 e. The Morgan fingerprint density at radius 1 is 1.38 bits per heavy atom. The number of aromatic nitrogens is 2. The molecule has 1 aromatic rings. The van der Waals surface area contributed by atoms with Crippen LogP contribution in [0.15, 0.2) is 21.9 Å². The number of nitrogens with one attached hydrogen (secondary N) is 1. The SMILES string of the molecule is CC[C@@H](C=O)O[C@H](COCCOC)n1ccc(=O)[nH]c1=O. The molecular formula is C13H20N2O6. The van der Waals surface area contributed by atoms with Gasteiger partial charge in [0.2, 0.25) is 0 Å². The highest BCUT2D eigenvalue weighted by atomic mass is 16.6. The highest BCUT2D eigenvalue weighted by Crippen LogP contribution is 2.10. The van der Waals surface area contributed by atoms with Crippen LogP contribution in [0, 0.1) is 0 Å². The Morgan fingerprint density at radius 3 is 2.71 bits per heavy atom. The van der Waals surface area contributed by atoms with Crippen molar-refractivity contribution >= 4 is 6.29 Å². The van der Waals surface area contributed by atoms with Gasteiger partial charge >= 0.3 is 5.69 Å². The van der Waals surface area contributed by atoms with Crippen molar-refractivity contribution in [3.05, 3.63) is 33.1 Å². The monoisotopic (exact) mass is 300 g/mol. The summed E-state index contributed by atoms with van der Waals surface area (Å²) in [6, 6.07) is 1.20. The van der Waals surface area contributed by atoms with Crippen molar-refractivity contribution in [2.45, 2.75) is 25.7 Å². The van der Waals surface area contributed by atoms with E-state index in [1.54, 1.807) is 14.0 Å². The number of hydrogen-bond acceptors (Lipinski definition) is 6. The summed E-state index contributed by atoms with van der Waals surface area (Å²) in [7, 11) is 1.54. The van der Waals surface area contributed by atoms with Crippen LogP contribution in [0.4, 0.5) is 0 Å². The van der Waals surface area contributed by atoms with Crippen LogP contribution < -0.4 is 11.2 Å². The molecule has 0 aliphatic rings. The second-order valence-corrected chi connectivity index (χ2v) is 4.26. The van der Waals surface area contributed by atoms with Gasteiger partial charge in [0.05, 0.1) is 19.8 Å². The molecule has 118 valence electrons. The topological polar surface area (TPSA) is 99.6 Å². The molecule has 0 saturated heterocycles. The molecular weight excluding hydrogens is 280 g/mol. The van der Waals surface area contributed by atoms with Crippen molar-refractivity contribution in [1.82, 2.24) is 9.55 Å². The van der Waals surface area contributed by atoms with Gasteiger partial charge in [0.15, 0.2) is 6.23 Å². The normalized spacial score (nSPS) is 13.8. The van der Waals surface area contributed by atoms with Crippen LogP contribution in [0.1, 0.15) is 19.6 Å². The summed E-state index contributed by atoms with van der Waals surface area (Å²) in [5.41, 5.74) is -1.12. The summed E-state index contributed by atoms with van der Waals surface area (Å²) in [4.78, 5) is 35.9. The Balaban J connectivity index is 2.86. The Hall–Kier alpha value is -1.77. The third-order valence-electron chi connectivity index (χ3n) is 2.74. The number of rotatable bonds is 10. The molecule has 0 fully saturated rings. The lowest BCUT2D eigenvalue weighted by molar-refractivity contribution is -0.134. The van der Waals surface area contributed by atoms with Gasteiger partial charge in [-0.05, 0) is 6.42 Å². The Morgan fingerprint density at radius 2 is 2.14 bits per heavy atom. The summed E-state index contributed by atoms with van der Waals surface area (Å²) >= 11 is 0. The highest BCUT2D eigenvalue weighted by molar-refractivity contribution is 5.55. The van der Waals surface area contributed by atoms with Gasteiger partial charge in [0.1, 0.15) is 12.4 Å². The van der Waals surface area contributed by atoms with E-state index in [2.05, 4.69) is 4.98 Å². The zero-order valence-electron chi connectivity index (χ0n) is 12.1. The molecule has 0 amide bonds. The third-order valence-corrected chi connectivity index (χ3v) is 2.74. The second kappa shape index (κ2) is 9.22. The van der Waals surface area contributed by atoms with E-state index >= 15 is 0 Å². The molecule has 0 saturated carbocycles. The Bertz CT molecular complexity index is 538. The van der Waals surface area contributed by atoms with Gasteiger partial charge in [-0.3, -0.25) is 14.3 Å². The molecule has 0 bridgehead atoms.